The zero-order valence-electron chi connectivity index (χ0n) is 15.5. The van der Waals surface area contributed by atoms with E-state index in [0.717, 1.165) is 22.3 Å². The maximum absolute atomic E-state index is 12.4. The monoisotopic (exact) mass is 388 g/mol. The van der Waals surface area contributed by atoms with Crippen molar-refractivity contribution in [1.82, 2.24) is 19.7 Å². The maximum Gasteiger partial charge on any atom is 0.233 e. The van der Waals surface area contributed by atoms with E-state index in [-0.39, 0.29) is 5.91 Å². The molecule has 3 rings (SSSR count). The fraction of sp³-hybridized carbons (Fsp3) is 0.421. The molecule has 2 aromatic rings. The lowest BCUT2D eigenvalue weighted by molar-refractivity contribution is -0.132. The molecule has 1 fully saturated rings. The summed E-state index contributed by atoms with van der Waals surface area (Å²) in [6.07, 6.45) is 2.47. The van der Waals surface area contributed by atoms with Gasteiger partial charge in [0.15, 0.2) is 5.16 Å². The molecule has 0 aliphatic carbocycles. The summed E-state index contributed by atoms with van der Waals surface area (Å²) in [6, 6.07) is 7.89. The third-order valence-corrected chi connectivity index (χ3v) is 5.27. The van der Waals surface area contributed by atoms with Gasteiger partial charge >= 0.3 is 0 Å². The highest BCUT2D eigenvalue weighted by Crippen LogP contribution is 2.20. The summed E-state index contributed by atoms with van der Waals surface area (Å²) in [7, 11) is 1.65. The molecule has 0 N–H and O–H groups in total. The van der Waals surface area contributed by atoms with Crippen LogP contribution >= 0.6 is 11.8 Å². The standard InChI is InChI=1S/C19H24N4O3S/c1-3-8-23-17(13-15-4-6-16(25-2)7-5-15)20-21-19(23)27-14-18(24)22-9-11-26-12-10-22/h3-7H,1,8-14H2,2H3. The van der Waals surface area contributed by atoms with Gasteiger partial charge < -0.3 is 18.9 Å². The number of carbonyl (C=O) groups excluding carboxylic acids is 1. The van der Waals surface area contributed by atoms with Crippen LogP contribution in [0.25, 0.3) is 0 Å². The molecule has 144 valence electrons. The number of methoxy groups -OCH3 is 1. The Bertz CT molecular complexity index is 770. The summed E-state index contributed by atoms with van der Waals surface area (Å²) >= 11 is 1.42. The van der Waals surface area contributed by atoms with Crippen molar-refractivity contribution in [2.45, 2.75) is 18.1 Å². The number of aromatic nitrogens is 3. The molecule has 0 saturated carbocycles. The van der Waals surface area contributed by atoms with Gasteiger partial charge in [0.05, 0.1) is 26.1 Å². The molecule has 1 saturated heterocycles. The number of amides is 1. The molecule has 1 aliphatic heterocycles. The van der Waals surface area contributed by atoms with Crippen molar-refractivity contribution < 1.29 is 14.3 Å². The lowest BCUT2D eigenvalue weighted by Crippen LogP contribution is -2.41. The largest absolute Gasteiger partial charge is 0.497 e. The summed E-state index contributed by atoms with van der Waals surface area (Å²) in [4.78, 5) is 14.2. The van der Waals surface area contributed by atoms with Gasteiger partial charge in [-0.1, -0.05) is 30.0 Å². The zero-order chi connectivity index (χ0) is 19.1. The van der Waals surface area contributed by atoms with Crippen LogP contribution in [0.2, 0.25) is 0 Å². The average molecular weight is 388 g/mol. The molecule has 0 unspecified atom stereocenters. The highest BCUT2D eigenvalue weighted by atomic mass is 32.2. The van der Waals surface area contributed by atoms with Gasteiger partial charge in [0, 0.05) is 26.1 Å². The van der Waals surface area contributed by atoms with Crippen LogP contribution in [0.5, 0.6) is 5.75 Å². The van der Waals surface area contributed by atoms with Crippen molar-refractivity contribution in [2.75, 3.05) is 39.2 Å². The number of morpholine rings is 1. The minimum atomic E-state index is 0.105. The van der Waals surface area contributed by atoms with Crippen molar-refractivity contribution in [3.63, 3.8) is 0 Å². The number of hydrogen-bond donors (Lipinski definition) is 0. The second kappa shape index (κ2) is 9.57. The van der Waals surface area contributed by atoms with E-state index in [1.54, 1.807) is 7.11 Å². The third-order valence-electron chi connectivity index (χ3n) is 4.31. The van der Waals surface area contributed by atoms with Gasteiger partial charge in [0.2, 0.25) is 5.91 Å². The van der Waals surface area contributed by atoms with E-state index in [1.807, 2.05) is 39.8 Å². The molecule has 1 aromatic carbocycles. The van der Waals surface area contributed by atoms with Crippen LogP contribution in [0.4, 0.5) is 0 Å². The van der Waals surface area contributed by atoms with Gasteiger partial charge in [-0.15, -0.1) is 16.8 Å². The van der Waals surface area contributed by atoms with Crippen LogP contribution in [0.15, 0.2) is 42.1 Å². The first-order chi connectivity index (χ1) is 13.2. The molecule has 1 aliphatic rings. The molecular weight excluding hydrogens is 364 g/mol. The van der Waals surface area contributed by atoms with Crippen LogP contribution < -0.4 is 4.74 Å². The molecule has 0 atom stereocenters. The van der Waals surface area contributed by atoms with Gasteiger partial charge in [-0.2, -0.15) is 0 Å². The second-order valence-electron chi connectivity index (χ2n) is 6.10. The molecule has 7 nitrogen and oxygen atoms in total. The molecule has 27 heavy (non-hydrogen) atoms. The number of rotatable bonds is 8. The smallest absolute Gasteiger partial charge is 0.233 e. The van der Waals surface area contributed by atoms with Gasteiger partial charge in [-0.3, -0.25) is 4.79 Å². The quantitative estimate of drug-likeness (QED) is 0.509. The van der Waals surface area contributed by atoms with Crippen LogP contribution in [-0.4, -0.2) is 64.7 Å². The Kier molecular flexibility index (Phi) is 6.89. The Morgan fingerprint density at radius 1 is 1.30 bits per heavy atom. The molecule has 0 spiro atoms. The van der Waals surface area contributed by atoms with Crippen molar-refractivity contribution >= 4 is 17.7 Å². The van der Waals surface area contributed by atoms with Crippen molar-refractivity contribution in [3.05, 3.63) is 48.3 Å². The Morgan fingerprint density at radius 3 is 2.70 bits per heavy atom. The summed E-state index contributed by atoms with van der Waals surface area (Å²) in [5.41, 5.74) is 1.12. The fourth-order valence-electron chi connectivity index (χ4n) is 2.83. The van der Waals surface area contributed by atoms with E-state index in [2.05, 4.69) is 16.8 Å². The number of nitrogens with zero attached hydrogens (tertiary/aromatic N) is 4. The van der Waals surface area contributed by atoms with E-state index in [9.17, 15) is 4.79 Å². The second-order valence-corrected chi connectivity index (χ2v) is 7.05. The van der Waals surface area contributed by atoms with Gasteiger partial charge in [-0.25, -0.2) is 0 Å². The number of carbonyl (C=O) groups is 1. The average Bonchev–Trinajstić information content (AvgIpc) is 3.09. The molecule has 0 bridgehead atoms. The number of ether oxygens (including phenoxy) is 2. The van der Waals surface area contributed by atoms with Gasteiger partial charge in [-0.05, 0) is 17.7 Å². The van der Waals surface area contributed by atoms with Crippen molar-refractivity contribution in [1.29, 1.82) is 0 Å². The number of benzene rings is 1. The number of allylic oxidation sites excluding steroid dienone is 1. The zero-order valence-corrected chi connectivity index (χ0v) is 16.3. The Balaban J connectivity index is 1.66. The van der Waals surface area contributed by atoms with Crippen LogP contribution in [-0.2, 0) is 22.5 Å². The Labute approximate surface area is 163 Å². The minimum absolute atomic E-state index is 0.105. The molecule has 8 heteroatoms. The van der Waals surface area contributed by atoms with Crippen molar-refractivity contribution in [3.8, 4) is 5.75 Å². The van der Waals surface area contributed by atoms with Crippen molar-refractivity contribution in [2.24, 2.45) is 0 Å². The van der Waals surface area contributed by atoms with Crippen LogP contribution in [0.3, 0.4) is 0 Å². The van der Waals surface area contributed by atoms with Gasteiger partial charge in [0.1, 0.15) is 11.6 Å². The van der Waals surface area contributed by atoms with E-state index in [4.69, 9.17) is 9.47 Å². The molecule has 2 heterocycles. The highest BCUT2D eigenvalue weighted by molar-refractivity contribution is 7.99. The predicted molar refractivity (Wildman–Crippen MR) is 104 cm³/mol. The highest BCUT2D eigenvalue weighted by Gasteiger charge is 2.19. The van der Waals surface area contributed by atoms with E-state index >= 15 is 0 Å². The SMILES string of the molecule is C=CCn1c(Cc2ccc(OC)cc2)nnc1SCC(=O)N1CCOCC1. The summed E-state index contributed by atoms with van der Waals surface area (Å²) in [6.45, 7) is 6.95. The van der Waals surface area contributed by atoms with E-state index < -0.39 is 0 Å². The van der Waals surface area contributed by atoms with Crippen LogP contribution in [0, 0.1) is 0 Å². The first kappa shape index (κ1) is 19.4. The lowest BCUT2D eigenvalue weighted by Gasteiger charge is -2.26. The Hall–Kier alpha value is -2.32. The summed E-state index contributed by atoms with van der Waals surface area (Å²) in [5, 5.41) is 9.36. The number of hydrogen-bond acceptors (Lipinski definition) is 6. The molecule has 1 aromatic heterocycles. The van der Waals surface area contributed by atoms with E-state index in [1.165, 1.54) is 11.8 Å². The first-order valence-corrected chi connectivity index (χ1v) is 9.84. The van der Waals surface area contributed by atoms with Crippen LogP contribution in [0.1, 0.15) is 11.4 Å². The fourth-order valence-corrected chi connectivity index (χ4v) is 3.69. The number of thioether (sulfide) groups is 1. The lowest BCUT2D eigenvalue weighted by atomic mass is 10.1. The first-order valence-electron chi connectivity index (χ1n) is 8.85. The minimum Gasteiger partial charge on any atom is -0.497 e. The summed E-state index contributed by atoms with van der Waals surface area (Å²) < 4.78 is 12.5. The maximum atomic E-state index is 12.4. The van der Waals surface area contributed by atoms with E-state index in [0.29, 0.717) is 45.0 Å². The topological polar surface area (TPSA) is 69.5 Å². The predicted octanol–water partition coefficient (Wildman–Crippen LogP) is 2.01. The van der Waals surface area contributed by atoms with Gasteiger partial charge in [0.25, 0.3) is 0 Å². The molecule has 0 radical (unpaired) electrons. The third kappa shape index (κ3) is 5.11. The molecular formula is C19H24N4O3S. The summed E-state index contributed by atoms with van der Waals surface area (Å²) in [5.74, 6) is 2.12. The normalized spacial score (nSPS) is 14.2. The molecule has 1 amide bonds. The Morgan fingerprint density at radius 2 is 2.04 bits per heavy atom.